The Balaban J connectivity index is 1.61. The van der Waals surface area contributed by atoms with Gasteiger partial charge < -0.3 is 9.58 Å². The van der Waals surface area contributed by atoms with Gasteiger partial charge in [0.25, 0.3) is 0 Å². The molecular weight excluding hydrogens is 392 g/mol. The van der Waals surface area contributed by atoms with Crippen LogP contribution in [-0.2, 0) is 16.3 Å². The highest BCUT2D eigenvalue weighted by Crippen LogP contribution is 2.35. The molecule has 0 aliphatic heterocycles. The van der Waals surface area contributed by atoms with Crippen molar-refractivity contribution in [3.05, 3.63) is 42.4 Å². The van der Waals surface area contributed by atoms with Crippen LogP contribution < -0.4 is 0 Å². The van der Waals surface area contributed by atoms with Crippen LogP contribution in [0, 0.1) is 17.9 Å². The van der Waals surface area contributed by atoms with E-state index in [1.165, 1.54) is 6.33 Å². The summed E-state index contributed by atoms with van der Waals surface area (Å²) in [4.78, 5) is 24.4. The summed E-state index contributed by atoms with van der Waals surface area (Å²) in [5.41, 5.74) is 1.30. The number of nitrogens with zero attached hydrogens (tertiary/aromatic N) is 6. The maximum atomic E-state index is 12.1. The minimum absolute atomic E-state index is 0.0219. The number of rotatable bonds is 6. The van der Waals surface area contributed by atoms with Gasteiger partial charge in [-0.3, -0.25) is 14.0 Å². The van der Waals surface area contributed by atoms with Crippen LogP contribution in [0.15, 0.2) is 31.0 Å². The molecule has 31 heavy (non-hydrogen) atoms. The van der Waals surface area contributed by atoms with Crippen LogP contribution in [-0.4, -0.2) is 36.8 Å². The van der Waals surface area contributed by atoms with Crippen LogP contribution in [0.25, 0.3) is 27.1 Å². The third-order valence-electron chi connectivity index (χ3n) is 5.39. The number of ether oxygens (including phenoxy) is 1. The molecule has 8 nitrogen and oxygen atoms in total. The maximum absolute atomic E-state index is 12.1. The van der Waals surface area contributed by atoms with Gasteiger partial charge in [0.2, 0.25) is 6.54 Å². The lowest BCUT2D eigenvalue weighted by atomic mass is 9.98. The molecule has 1 unspecified atom stereocenters. The van der Waals surface area contributed by atoms with Gasteiger partial charge in [-0.2, -0.15) is 5.10 Å². The predicted molar refractivity (Wildman–Crippen MR) is 117 cm³/mol. The Morgan fingerprint density at radius 3 is 2.87 bits per heavy atom. The molecule has 3 aromatic rings. The summed E-state index contributed by atoms with van der Waals surface area (Å²) in [6, 6.07) is 1.39. The minimum atomic E-state index is -1.95. The average molecular weight is 425 g/mol. The number of hydrogen-bond acceptors (Lipinski definition) is 5. The van der Waals surface area contributed by atoms with Gasteiger partial charge in [0.15, 0.2) is 6.73 Å². The number of esters is 1. The lowest BCUT2D eigenvalue weighted by Gasteiger charge is -2.18. The van der Waals surface area contributed by atoms with E-state index >= 15 is 0 Å². The molecule has 0 radical (unpaired) electrons. The van der Waals surface area contributed by atoms with Crippen molar-refractivity contribution < 1.29 is 15.0 Å². The Kier molecular flexibility index (Phi) is 4.52. The summed E-state index contributed by atoms with van der Waals surface area (Å²) in [5, 5.41) is 5.19. The zero-order valence-corrected chi connectivity index (χ0v) is 17.9. The van der Waals surface area contributed by atoms with Crippen LogP contribution in [0.2, 0.25) is 0 Å². The van der Waals surface area contributed by atoms with Gasteiger partial charge in [0, 0.05) is 28.8 Å². The van der Waals surface area contributed by atoms with Crippen LogP contribution in [0.4, 0.5) is 0 Å². The van der Waals surface area contributed by atoms with Crippen LogP contribution in [0.3, 0.4) is 0 Å². The van der Waals surface area contributed by atoms with Crippen LogP contribution in [0.1, 0.15) is 57.9 Å². The molecule has 1 aliphatic rings. The van der Waals surface area contributed by atoms with E-state index in [-0.39, 0.29) is 38.0 Å². The van der Waals surface area contributed by atoms with Crippen molar-refractivity contribution in [3.8, 4) is 11.3 Å². The van der Waals surface area contributed by atoms with Crippen molar-refractivity contribution >= 4 is 17.0 Å². The highest BCUT2D eigenvalue weighted by atomic mass is 16.5. The van der Waals surface area contributed by atoms with Gasteiger partial charge in [-0.05, 0) is 45.6 Å². The molecule has 0 saturated heterocycles. The quantitative estimate of drug-likeness (QED) is 0.430. The molecule has 1 saturated carbocycles. The molecule has 8 heteroatoms. The number of aromatic nitrogens is 5. The monoisotopic (exact) mass is 424 g/mol. The summed E-state index contributed by atoms with van der Waals surface area (Å²) in [5.74, 6) is -0.674. The predicted octanol–water partition coefficient (Wildman–Crippen LogP) is 4.49. The summed E-state index contributed by atoms with van der Waals surface area (Å²) < 4.78 is 41.0. The largest absolute Gasteiger partial charge is 0.443 e. The average Bonchev–Trinajstić information content (AvgIpc) is 3.46. The van der Waals surface area contributed by atoms with Gasteiger partial charge >= 0.3 is 5.97 Å². The number of fused-ring (bicyclic) bond motifs is 1. The fourth-order valence-electron chi connectivity index (χ4n) is 3.62. The fourth-order valence-corrected chi connectivity index (χ4v) is 3.62. The number of hydrogen-bond donors (Lipinski definition) is 0. The van der Waals surface area contributed by atoms with Crippen molar-refractivity contribution in [1.82, 2.24) is 24.3 Å². The highest BCUT2D eigenvalue weighted by molar-refractivity contribution is 5.90. The van der Waals surface area contributed by atoms with E-state index in [2.05, 4.69) is 19.9 Å². The first kappa shape index (κ1) is 16.5. The van der Waals surface area contributed by atoms with Crippen molar-refractivity contribution in [2.75, 3.05) is 6.54 Å². The van der Waals surface area contributed by atoms with Crippen molar-refractivity contribution in [2.45, 2.75) is 59.1 Å². The Labute approximate surface area is 187 Å². The Morgan fingerprint density at radius 1 is 1.39 bits per heavy atom. The Bertz CT molecular complexity index is 1270. The van der Waals surface area contributed by atoms with Gasteiger partial charge in [-0.15, -0.1) is 0 Å². The molecule has 162 valence electrons. The van der Waals surface area contributed by atoms with E-state index in [9.17, 15) is 4.79 Å². The third kappa shape index (κ3) is 4.31. The lowest BCUT2D eigenvalue weighted by Crippen LogP contribution is -2.23. The van der Waals surface area contributed by atoms with E-state index in [0.717, 1.165) is 5.39 Å². The smallest absolute Gasteiger partial charge is 0.312 e. The van der Waals surface area contributed by atoms with E-state index in [0.29, 0.717) is 16.9 Å². The normalized spacial score (nSPS) is 21.0. The third-order valence-corrected chi connectivity index (χ3v) is 5.39. The number of carbonyl (C=O) groups is 1. The van der Waals surface area contributed by atoms with Crippen LogP contribution in [0.5, 0.6) is 0 Å². The molecule has 0 amide bonds. The van der Waals surface area contributed by atoms with E-state index in [1.54, 1.807) is 48.6 Å². The Hall–Kier alpha value is -3.21. The molecule has 3 aromatic heterocycles. The van der Waals surface area contributed by atoms with Gasteiger partial charge in [-0.25, -0.2) is 16.5 Å². The second-order valence-corrected chi connectivity index (χ2v) is 8.69. The molecule has 0 spiro atoms. The summed E-state index contributed by atoms with van der Waals surface area (Å²) in [6.07, 6.45) is 2.75. The van der Waals surface area contributed by atoms with Crippen molar-refractivity contribution in [1.29, 1.82) is 0 Å². The topological polar surface area (TPSA) is 79.2 Å². The van der Waals surface area contributed by atoms with Crippen molar-refractivity contribution in [2.24, 2.45) is 11.3 Å². The SMILES string of the molecule is [2H]C1([2H])CC(C(C[N+]#[C-])n2cc(-c3ncnc4c3ccn4COC(=O)C(C)(C)C)cn2)CC1([2H])[2H]. The van der Waals surface area contributed by atoms with E-state index in [1.807, 2.05) is 6.07 Å². The lowest BCUT2D eigenvalue weighted by molar-refractivity contribution is -0.156. The first-order valence-corrected chi connectivity index (χ1v) is 10.2. The maximum Gasteiger partial charge on any atom is 0.312 e. The molecule has 1 atom stereocenters. The molecule has 0 bridgehead atoms. The first-order chi connectivity index (χ1) is 16.3. The minimum Gasteiger partial charge on any atom is -0.443 e. The summed E-state index contributed by atoms with van der Waals surface area (Å²) in [6.45, 7) is 12.8. The molecule has 1 aliphatic carbocycles. The fraction of sp³-hybridized carbons (Fsp3) is 0.522. The molecule has 3 heterocycles. The summed E-state index contributed by atoms with van der Waals surface area (Å²) in [7, 11) is 0. The molecule has 4 rings (SSSR count). The van der Waals surface area contributed by atoms with Gasteiger partial charge in [0.05, 0.1) is 17.3 Å². The molecule has 0 aromatic carbocycles. The van der Waals surface area contributed by atoms with E-state index in [4.69, 9.17) is 16.8 Å². The molecule has 0 N–H and O–H groups in total. The van der Waals surface area contributed by atoms with Crippen LogP contribution >= 0.6 is 0 Å². The summed E-state index contributed by atoms with van der Waals surface area (Å²) >= 11 is 0. The van der Waals surface area contributed by atoms with Crippen molar-refractivity contribution in [3.63, 3.8) is 0 Å². The zero-order valence-electron chi connectivity index (χ0n) is 21.9. The van der Waals surface area contributed by atoms with Gasteiger partial charge in [-0.1, -0.05) is 12.7 Å². The number of carbonyl (C=O) groups excluding carboxylic acids is 1. The highest BCUT2D eigenvalue weighted by Gasteiger charge is 2.29. The molecular formula is C23H28N6O2. The first-order valence-electron chi connectivity index (χ1n) is 12.2. The second-order valence-electron chi connectivity index (χ2n) is 8.69. The van der Waals surface area contributed by atoms with E-state index < -0.39 is 24.2 Å². The second kappa shape index (κ2) is 8.50. The van der Waals surface area contributed by atoms with Gasteiger partial charge in [0.1, 0.15) is 18.0 Å². The standard InChI is InChI=1S/C23H28N6O2/c1-23(2,3)22(30)31-15-28-10-9-18-20(25-14-26-21(18)28)17-11-27-29(13-17)19(12-24-4)16-7-5-6-8-16/h9-11,13-14,16,19H,5-8,12,15H2,1-3H3/i5D2,6D2. The zero-order chi connectivity index (χ0) is 25.6. The Morgan fingerprint density at radius 2 is 2.16 bits per heavy atom. The molecule has 1 fully saturated rings.